The Balaban J connectivity index is 1.75. The first-order chi connectivity index (χ1) is 15.5. The normalized spacial score (nSPS) is 12.0. The van der Waals surface area contributed by atoms with Crippen molar-refractivity contribution in [3.8, 4) is 17.0 Å². The van der Waals surface area contributed by atoms with E-state index in [1.807, 2.05) is 41.1 Å². The van der Waals surface area contributed by atoms with E-state index in [0.717, 1.165) is 50.8 Å². The van der Waals surface area contributed by atoms with Gasteiger partial charge in [0.25, 0.3) is 0 Å². The highest BCUT2D eigenvalue weighted by Crippen LogP contribution is 2.43. The van der Waals surface area contributed by atoms with E-state index in [1.165, 1.54) is 12.5 Å². The summed E-state index contributed by atoms with van der Waals surface area (Å²) in [6.07, 6.45) is 3.38. The third-order valence-electron chi connectivity index (χ3n) is 5.64. The number of thioether (sulfide) groups is 1. The summed E-state index contributed by atoms with van der Waals surface area (Å²) in [6.45, 7) is 1.49. The number of hydrogen-bond acceptors (Lipinski definition) is 5. The molecule has 1 amide bonds. The summed E-state index contributed by atoms with van der Waals surface area (Å²) in [4.78, 5) is 16.9. The standard InChI is InChI=1S/C24H21ClN4O2S/c1-13(30)26-22-20(10-14-4-6-16(25)7-5-14)23-27-24(32-3)19-12-15-11-17(31-2)8-9-18(15)21(19)29(23)28-22/h4-9,11H,10,12H2,1-3H3,(H,26,28,30). The highest BCUT2D eigenvalue weighted by Gasteiger charge is 2.29. The molecule has 0 aliphatic heterocycles. The van der Waals surface area contributed by atoms with Gasteiger partial charge in [-0.25, -0.2) is 9.50 Å². The van der Waals surface area contributed by atoms with Gasteiger partial charge >= 0.3 is 0 Å². The average Bonchev–Trinajstić information content (AvgIpc) is 3.32. The lowest BCUT2D eigenvalue weighted by molar-refractivity contribution is -0.114. The van der Waals surface area contributed by atoms with E-state index in [0.29, 0.717) is 17.3 Å². The number of carbonyl (C=O) groups excluding carboxylic acids is 1. The van der Waals surface area contributed by atoms with Gasteiger partial charge in [-0.3, -0.25) is 4.79 Å². The molecule has 0 spiro atoms. The maximum absolute atomic E-state index is 11.9. The van der Waals surface area contributed by atoms with Crippen LogP contribution in [0.4, 0.5) is 5.82 Å². The maximum atomic E-state index is 11.9. The van der Waals surface area contributed by atoms with E-state index in [1.54, 1.807) is 18.9 Å². The SMILES string of the molecule is COc1ccc2c(c1)Cc1c(SC)nc3c(Cc4ccc(Cl)cc4)c(NC(C)=O)nn3c1-2. The van der Waals surface area contributed by atoms with Gasteiger partial charge in [-0.1, -0.05) is 23.7 Å². The Labute approximate surface area is 195 Å². The second-order valence-corrected chi connectivity index (χ2v) is 8.93. The summed E-state index contributed by atoms with van der Waals surface area (Å²) in [5, 5.41) is 9.36. The Morgan fingerprint density at radius 3 is 2.72 bits per heavy atom. The van der Waals surface area contributed by atoms with Crippen LogP contribution < -0.4 is 10.1 Å². The van der Waals surface area contributed by atoms with E-state index in [2.05, 4.69) is 17.4 Å². The minimum Gasteiger partial charge on any atom is -0.497 e. The van der Waals surface area contributed by atoms with Crippen molar-refractivity contribution in [1.82, 2.24) is 14.6 Å². The highest BCUT2D eigenvalue weighted by molar-refractivity contribution is 7.98. The first kappa shape index (κ1) is 20.8. The van der Waals surface area contributed by atoms with Gasteiger partial charge in [-0.15, -0.1) is 16.9 Å². The third-order valence-corrected chi connectivity index (χ3v) is 6.61. The largest absolute Gasteiger partial charge is 0.497 e. The van der Waals surface area contributed by atoms with Gasteiger partial charge < -0.3 is 10.1 Å². The van der Waals surface area contributed by atoms with Gasteiger partial charge in [0.2, 0.25) is 5.91 Å². The second kappa shape index (κ2) is 8.15. The number of ether oxygens (including phenoxy) is 1. The smallest absolute Gasteiger partial charge is 0.222 e. The van der Waals surface area contributed by atoms with Gasteiger partial charge in [0.1, 0.15) is 10.8 Å². The summed E-state index contributed by atoms with van der Waals surface area (Å²) in [5.74, 6) is 1.19. The molecule has 6 nitrogen and oxygen atoms in total. The van der Waals surface area contributed by atoms with Gasteiger partial charge in [-0.05, 0) is 47.7 Å². The fraction of sp³-hybridized carbons (Fsp3) is 0.208. The van der Waals surface area contributed by atoms with E-state index < -0.39 is 0 Å². The van der Waals surface area contributed by atoms with Crippen molar-refractivity contribution >= 4 is 40.7 Å². The molecule has 1 aliphatic carbocycles. The van der Waals surface area contributed by atoms with Crippen molar-refractivity contribution in [3.05, 3.63) is 69.7 Å². The van der Waals surface area contributed by atoms with Crippen molar-refractivity contribution in [1.29, 1.82) is 0 Å². The summed E-state index contributed by atoms with van der Waals surface area (Å²) < 4.78 is 7.30. The van der Waals surface area contributed by atoms with Gasteiger partial charge in [-0.2, -0.15) is 0 Å². The number of fused-ring (bicyclic) bond motifs is 5. The molecule has 0 fully saturated rings. The maximum Gasteiger partial charge on any atom is 0.222 e. The molecular weight excluding hydrogens is 444 g/mol. The number of benzene rings is 2. The lowest BCUT2D eigenvalue weighted by atomic mass is 10.1. The van der Waals surface area contributed by atoms with Crippen LogP contribution in [0.3, 0.4) is 0 Å². The minimum absolute atomic E-state index is 0.169. The van der Waals surface area contributed by atoms with Gasteiger partial charge in [0.15, 0.2) is 11.5 Å². The quantitative estimate of drug-likeness (QED) is 0.285. The van der Waals surface area contributed by atoms with E-state index in [-0.39, 0.29) is 5.91 Å². The number of anilines is 1. The van der Waals surface area contributed by atoms with Gasteiger partial charge in [0, 0.05) is 41.5 Å². The molecule has 1 aliphatic rings. The lowest BCUT2D eigenvalue weighted by Crippen LogP contribution is -2.08. The monoisotopic (exact) mass is 464 g/mol. The third kappa shape index (κ3) is 3.51. The fourth-order valence-electron chi connectivity index (χ4n) is 4.21. The summed E-state index contributed by atoms with van der Waals surface area (Å²) in [7, 11) is 1.67. The van der Waals surface area contributed by atoms with E-state index >= 15 is 0 Å². The van der Waals surface area contributed by atoms with Crippen molar-refractivity contribution in [2.75, 3.05) is 18.7 Å². The van der Waals surface area contributed by atoms with Crippen molar-refractivity contribution in [2.24, 2.45) is 0 Å². The van der Waals surface area contributed by atoms with Crippen LogP contribution in [0.15, 0.2) is 47.5 Å². The van der Waals surface area contributed by atoms with Crippen LogP contribution in [-0.2, 0) is 17.6 Å². The molecule has 0 bridgehead atoms. The molecule has 2 heterocycles. The van der Waals surface area contributed by atoms with Crippen molar-refractivity contribution < 1.29 is 9.53 Å². The molecule has 0 atom stereocenters. The van der Waals surface area contributed by atoms with Crippen molar-refractivity contribution in [3.63, 3.8) is 0 Å². The lowest BCUT2D eigenvalue weighted by Gasteiger charge is -2.09. The highest BCUT2D eigenvalue weighted by atomic mass is 35.5. The number of amides is 1. The fourth-order valence-corrected chi connectivity index (χ4v) is 4.93. The topological polar surface area (TPSA) is 68.5 Å². The number of aromatic nitrogens is 3. The van der Waals surface area contributed by atoms with Crippen molar-refractivity contribution in [2.45, 2.75) is 24.8 Å². The predicted molar refractivity (Wildman–Crippen MR) is 128 cm³/mol. The number of nitrogens with one attached hydrogen (secondary N) is 1. The molecule has 162 valence electrons. The first-order valence-corrected chi connectivity index (χ1v) is 11.8. The Kier molecular flexibility index (Phi) is 5.31. The number of methoxy groups -OCH3 is 1. The minimum atomic E-state index is -0.169. The molecule has 0 saturated heterocycles. The van der Waals surface area contributed by atoms with E-state index in [4.69, 9.17) is 26.4 Å². The zero-order valence-corrected chi connectivity index (χ0v) is 19.5. The summed E-state index contributed by atoms with van der Waals surface area (Å²) >= 11 is 7.69. The zero-order chi connectivity index (χ0) is 22.4. The second-order valence-electron chi connectivity index (χ2n) is 7.70. The molecule has 5 rings (SSSR count). The molecule has 0 radical (unpaired) electrons. The van der Waals surface area contributed by atoms with Crippen LogP contribution in [0.25, 0.3) is 16.9 Å². The first-order valence-electron chi connectivity index (χ1n) is 10.2. The zero-order valence-electron chi connectivity index (χ0n) is 17.9. The summed E-state index contributed by atoms with van der Waals surface area (Å²) in [6, 6.07) is 13.8. The Bertz CT molecular complexity index is 1370. The van der Waals surface area contributed by atoms with Crippen LogP contribution in [0.5, 0.6) is 5.75 Å². The number of nitrogens with zero attached hydrogens (tertiary/aromatic N) is 3. The van der Waals surface area contributed by atoms with Crippen LogP contribution in [0.2, 0.25) is 5.02 Å². The van der Waals surface area contributed by atoms with Crippen LogP contribution in [0.1, 0.15) is 29.2 Å². The van der Waals surface area contributed by atoms with Crippen LogP contribution >= 0.6 is 23.4 Å². The predicted octanol–water partition coefficient (Wildman–Crippen LogP) is 5.23. The molecule has 2 aromatic heterocycles. The number of halogens is 1. The average molecular weight is 465 g/mol. The van der Waals surface area contributed by atoms with Crippen LogP contribution in [-0.4, -0.2) is 33.9 Å². The molecule has 8 heteroatoms. The molecule has 4 aromatic rings. The number of carbonyl (C=O) groups is 1. The van der Waals surface area contributed by atoms with E-state index in [9.17, 15) is 4.79 Å². The molecule has 32 heavy (non-hydrogen) atoms. The molecule has 0 saturated carbocycles. The summed E-state index contributed by atoms with van der Waals surface area (Å²) in [5.41, 5.74) is 7.14. The van der Waals surface area contributed by atoms with Gasteiger partial charge in [0.05, 0.1) is 12.8 Å². The Morgan fingerprint density at radius 2 is 2.03 bits per heavy atom. The Hall–Kier alpha value is -3.03. The number of rotatable bonds is 5. The molecule has 0 unspecified atom stereocenters. The molecule has 1 N–H and O–H groups in total. The number of hydrogen-bond donors (Lipinski definition) is 1. The van der Waals surface area contributed by atoms with Crippen LogP contribution in [0, 0.1) is 0 Å². The molecular formula is C24H21ClN4O2S. The molecule has 2 aromatic carbocycles. The Morgan fingerprint density at radius 1 is 1.25 bits per heavy atom.